The number of hydrogen-bond donors (Lipinski definition) is 1. The Hall–Kier alpha value is -1.84. The summed E-state index contributed by atoms with van der Waals surface area (Å²) in [5.41, 5.74) is 5.33. The summed E-state index contributed by atoms with van der Waals surface area (Å²) in [6, 6.07) is 15.7. The first-order chi connectivity index (χ1) is 11.2. The second-order valence-electron chi connectivity index (χ2n) is 6.32. The lowest BCUT2D eigenvalue weighted by molar-refractivity contribution is 0.198. The molecule has 1 saturated heterocycles. The highest BCUT2D eigenvalue weighted by atomic mass is 16.5. The van der Waals surface area contributed by atoms with Gasteiger partial charge in [0.1, 0.15) is 5.75 Å². The van der Waals surface area contributed by atoms with Crippen molar-refractivity contribution in [1.82, 2.24) is 10.2 Å². The molecular weight excluding hydrogens is 284 g/mol. The molecular formula is C20H26N2O. The van der Waals surface area contributed by atoms with Gasteiger partial charge in [-0.05, 0) is 42.7 Å². The van der Waals surface area contributed by atoms with Crippen molar-refractivity contribution in [2.24, 2.45) is 0 Å². The highest BCUT2D eigenvalue weighted by Gasteiger charge is 2.25. The van der Waals surface area contributed by atoms with E-state index in [2.05, 4.69) is 66.5 Å². The van der Waals surface area contributed by atoms with Crippen LogP contribution in [0.15, 0.2) is 42.5 Å². The number of nitrogens with one attached hydrogen (secondary N) is 1. The minimum Gasteiger partial charge on any atom is -0.497 e. The van der Waals surface area contributed by atoms with Gasteiger partial charge in [-0.15, -0.1) is 0 Å². The van der Waals surface area contributed by atoms with E-state index in [1.54, 1.807) is 7.11 Å². The Kier molecular flexibility index (Phi) is 4.99. The first-order valence-corrected chi connectivity index (χ1v) is 8.35. The molecule has 1 aliphatic rings. The normalized spacial score (nSPS) is 17.0. The molecule has 1 N–H and O–H groups in total. The maximum Gasteiger partial charge on any atom is 0.119 e. The summed E-state index contributed by atoms with van der Waals surface area (Å²) >= 11 is 0. The van der Waals surface area contributed by atoms with Crippen LogP contribution in [0.5, 0.6) is 5.75 Å². The summed E-state index contributed by atoms with van der Waals surface area (Å²) in [4.78, 5) is 2.58. The molecule has 1 fully saturated rings. The van der Waals surface area contributed by atoms with Crippen LogP contribution in [-0.4, -0.2) is 38.2 Å². The molecule has 0 spiro atoms. The second kappa shape index (κ2) is 7.16. The summed E-state index contributed by atoms with van der Waals surface area (Å²) in [6.07, 6.45) is 0. The van der Waals surface area contributed by atoms with Crippen LogP contribution in [0.4, 0.5) is 0 Å². The Labute approximate surface area is 139 Å². The van der Waals surface area contributed by atoms with Crippen LogP contribution in [-0.2, 0) is 0 Å². The number of benzene rings is 2. The number of nitrogens with zero attached hydrogens (tertiary/aromatic N) is 1. The van der Waals surface area contributed by atoms with Crippen molar-refractivity contribution in [2.75, 3.05) is 33.3 Å². The number of ether oxygens (including phenoxy) is 1. The van der Waals surface area contributed by atoms with Gasteiger partial charge in [-0.25, -0.2) is 0 Å². The average molecular weight is 310 g/mol. The Morgan fingerprint density at radius 2 is 1.70 bits per heavy atom. The Morgan fingerprint density at radius 3 is 2.30 bits per heavy atom. The third-order valence-corrected chi connectivity index (χ3v) is 4.68. The van der Waals surface area contributed by atoms with Gasteiger partial charge in [0.25, 0.3) is 0 Å². The fraction of sp³-hybridized carbons (Fsp3) is 0.400. The summed E-state index contributed by atoms with van der Waals surface area (Å²) in [5.74, 6) is 0.925. The predicted molar refractivity (Wildman–Crippen MR) is 95.2 cm³/mol. The summed E-state index contributed by atoms with van der Waals surface area (Å²) in [5, 5.41) is 3.45. The highest BCUT2D eigenvalue weighted by molar-refractivity contribution is 5.42. The van der Waals surface area contributed by atoms with Gasteiger partial charge >= 0.3 is 0 Å². The van der Waals surface area contributed by atoms with Gasteiger partial charge in [-0.1, -0.05) is 35.9 Å². The van der Waals surface area contributed by atoms with Gasteiger partial charge in [0.15, 0.2) is 0 Å². The maximum atomic E-state index is 5.37. The Bertz CT molecular complexity index is 645. The van der Waals surface area contributed by atoms with Crippen LogP contribution >= 0.6 is 0 Å². The molecule has 0 saturated carbocycles. The molecule has 0 radical (unpaired) electrons. The van der Waals surface area contributed by atoms with E-state index in [-0.39, 0.29) is 0 Å². The quantitative estimate of drug-likeness (QED) is 0.938. The number of rotatable bonds is 4. The van der Waals surface area contributed by atoms with E-state index in [1.807, 2.05) is 0 Å². The molecule has 23 heavy (non-hydrogen) atoms. The molecule has 3 heteroatoms. The van der Waals surface area contributed by atoms with Crippen LogP contribution in [0.25, 0.3) is 0 Å². The molecule has 1 aliphatic heterocycles. The van der Waals surface area contributed by atoms with E-state index in [0.717, 1.165) is 31.9 Å². The highest BCUT2D eigenvalue weighted by Crippen LogP contribution is 2.32. The van der Waals surface area contributed by atoms with Crippen LogP contribution in [0.1, 0.15) is 28.3 Å². The third-order valence-electron chi connectivity index (χ3n) is 4.68. The van der Waals surface area contributed by atoms with Crippen molar-refractivity contribution < 1.29 is 4.74 Å². The van der Waals surface area contributed by atoms with E-state index in [0.29, 0.717) is 6.04 Å². The number of methoxy groups -OCH3 is 1. The summed E-state index contributed by atoms with van der Waals surface area (Å²) in [6.45, 7) is 8.58. The van der Waals surface area contributed by atoms with Gasteiger partial charge in [-0.2, -0.15) is 0 Å². The summed E-state index contributed by atoms with van der Waals surface area (Å²) in [7, 11) is 1.72. The average Bonchev–Trinajstić information content (AvgIpc) is 2.59. The van der Waals surface area contributed by atoms with Crippen molar-refractivity contribution in [3.8, 4) is 5.75 Å². The molecule has 122 valence electrons. The largest absolute Gasteiger partial charge is 0.497 e. The van der Waals surface area contributed by atoms with E-state index in [1.165, 1.54) is 22.3 Å². The standard InChI is InChI=1S/C20H26N2O/c1-15-4-6-17(7-5-15)20(22-12-10-21-11-13-22)19-9-8-18(23-3)14-16(19)2/h4-9,14,20-21H,10-13H2,1-3H3. The molecule has 1 unspecified atom stereocenters. The fourth-order valence-corrected chi connectivity index (χ4v) is 3.36. The van der Waals surface area contributed by atoms with Crippen LogP contribution < -0.4 is 10.1 Å². The molecule has 3 rings (SSSR count). The third kappa shape index (κ3) is 3.57. The monoisotopic (exact) mass is 310 g/mol. The molecule has 0 bridgehead atoms. The van der Waals surface area contributed by atoms with Gasteiger partial charge < -0.3 is 10.1 Å². The predicted octanol–water partition coefficient (Wildman–Crippen LogP) is 3.31. The van der Waals surface area contributed by atoms with Crippen molar-refractivity contribution in [3.63, 3.8) is 0 Å². The zero-order valence-corrected chi connectivity index (χ0v) is 14.3. The molecule has 1 atom stereocenters. The van der Waals surface area contributed by atoms with Crippen molar-refractivity contribution >= 4 is 0 Å². The van der Waals surface area contributed by atoms with Gasteiger partial charge in [0, 0.05) is 26.2 Å². The van der Waals surface area contributed by atoms with Crippen molar-refractivity contribution in [2.45, 2.75) is 19.9 Å². The molecule has 1 heterocycles. The second-order valence-corrected chi connectivity index (χ2v) is 6.32. The number of hydrogen-bond acceptors (Lipinski definition) is 3. The first-order valence-electron chi connectivity index (χ1n) is 8.35. The molecule has 0 amide bonds. The Balaban J connectivity index is 2.02. The van der Waals surface area contributed by atoms with Gasteiger partial charge in [0.2, 0.25) is 0 Å². The van der Waals surface area contributed by atoms with Gasteiger partial charge in [-0.3, -0.25) is 4.90 Å². The molecule has 2 aromatic rings. The molecule has 2 aromatic carbocycles. The Morgan fingerprint density at radius 1 is 1.00 bits per heavy atom. The fourth-order valence-electron chi connectivity index (χ4n) is 3.36. The van der Waals surface area contributed by atoms with Crippen molar-refractivity contribution in [1.29, 1.82) is 0 Å². The van der Waals surface area contributed by atoms with E-state index in [4.69, 9.17) is 4.74 Å². The SMILES string of the molecule is COc1ccc(C(c2ccc(C)cc2)N2CCNCC2)c(C)c1. The van der Waals surface area contributed by atoms with Crippen LogP contribution in [0.2, 0.25) is 0 Å². The first kappa shape index (κ1) is 16.0. The molecule has 3 nitrogen and oxygen atoms in total. The lowest BCUT2D eigenvalue weighted by atomic mass is 9.92. The minimum absolute atomic E-state index is 0.309. The lowest BCUT2D eigenvalue weighted by Gasteiger charge is -2.36. The topological polar surface area (TPSA) is 24.5 Å². The zero-order chi connectivity index (χ0) is 16.2. The van der Waals surface area contributed by atoms with Crippen LogP contribution in [0, 0.1) is 13.8 Å². The minimum atomic E-state index is 0.309. The van der Waals surface area contributed by atoms with Crippen molar-refractivity contribution in [3.05, 3.63) is 64.7 Å². The number of aryl methyl sites for hydroxylation is 2. The smallest absolute Gasteiger partial charge is 0.119 e. The van der Waals surface area contributed by atoms with Gasteiger partial charge in [0.05, 0.1) is 13.2 Å². The van der Waals surface area contributed by atoms with E-state index in [9.17, 15) is 0 Å². The molecule has 0 aliphatic carbocycles. The summed E-state index contributed by atoms with van der Waals surface area (Å²) < 4.78 is 5.37. The van der Waals surface area contributed by atoms with E-state index >= 15 is 0 Å². The number of piperazine rings is 1. The zero-order valence-electron chi connectivity index (χ0n) is 14.3. The molecule has 0 aromatic heterocycles. The lowest BCUT2D eigenvalue weighted by Crippen LogP contribution is -2.45. The van der Waals surface area contributed by atoms with Crippen LogP contribution in [0.3, 0.4) is 0 Å². The van der Waals surface area contributed by atoms with E-state index < -0.39 is 0 Å². The maximum absolute atomic E-state index is 5.37.